The van der Waals surface area contributed by atoms with Gasteiger partial charge in [0.2, 0.25) is 0 Å². The van der Waals surface area contributed by atoms with Crippen LogP contribution in [0.25, 0.3) is 0 Å². The van der Waals surface area contributed by atoms with Crippen LogP contribution in [-0.2, 0) is 32.9 Å². The normalized spacial score (nSPS) is 15.6. The molecule has 1 amide bonds. The molecule has 156 valence electrons. The lowest BCUT2D eigenvalue weighted by atomic mass is 9.91. The van der Waals surface area contributed by atoms with Gasteiger partial charge in [-0.25, -0.2) is 4.39 Å². The number of amides is 1. The van der Waals surface area contributed by atoms with Crippen LogP contribution in [0.4, 0.5) is 4.39 Å². The molecular formula is C23H26FN5O. The highest BCUT2D eigenvalue weighted by molar-refractivity contribution is 5.94. The van der Waals surface area contributed by atoms with Crippen LogP contribution in [0.1, 0.15) is 39.3 Å². The van der Waals surface area contributed by atoms with E-state index in [1.165, 1.54) is 6.07 Å². The van der Waals surface area contributed by atoms with Crippen LogP contribution in [0.2, 0.25) is 0 Å². The van der Waals surface area contributed by atoms with E-state index in [0.29, 0.717) is 25.2 Å². The lowest BCUT2D eigenvalue weighted by Crippen LogP contribution is -2.36. The van der Waals surface area contributed by atoms with Crippen LogP contribution in [-0.4, -0.2) is 33.3 Å². The number of halogens is 1. The number of aromatic nitrogens is 3. The van der Waals surface area contributed by atoms with Crippen molar-refractivity contribution in [3.05, 3.63) is 82.7 Å². The Hall–Kier alpha value is -3.06. The van der Waals surface area contributed by atoms with Crippen LogP contribution in [0.3, 0.4) is 0 Å². The largest absolute Gasteiger partial charge is 0.347 e. The molecule has 0 bridgehead atoms. The zero-order valence-electron chi connectivity index (χ0n) is 17.1. The number of nitrogens with one attached hydrogen (secondary N) is 2. The maximum absolute atomic E-state index is 13.8. The molecule has 0 saturated carbocycles. The molecule has 0 saturated heterocycles. The molecule has 1 unspecified atom stereocenters. The molecule has 0 spiro atoms. The van der Waals surface area contributed by atoms with Gasteiger partial charge in [-0.05, 0) is 61.6 Å². The van der Waals surface area contributed by atoms with Crippen molar-refractivity contribution in [1.82, 2.24) is 25.4 Å². The summed E-state index contributed by atoms with van der Waals surface area (Å²) in [5, 5.41) is 11.0. The second-order valence-electron chi connectivity index (χ2n) is 7.67. The maximum atomic E-state index is 13.8. The summed E-state index contributed by atoms with van der Waals surface area (Å²) in [5.74, 6) is -0.318. The summed E-state index contributed by atoms with van der Waals surface area (Å²) in [6.45, 7) is 1.14. The third kappa shape index (κ3) is 4.57. The van der Waals surface area contributed by atoms with Crippen molar-refractivity contribution in [2.75, 3.05) is 6.54 Å². The average molecular weight is 407 g/mol. The van der Waals surface area contributed by atoms with E-state index in [1.807, 2.05) is 36.0 Å². The molecule has 0 radical (unpaired) electrons. The summed E-state index contributed by atoms with van der Waals surface area (Å²) < 4.78 is 15.6. The highest BCUT2D eigenvalue weighted by Gasteiger charge is 2.28. The van der Waals surface area contributed by atoms with Crippen molar-refractivity contribution in [1.29, 1.82) is 0 Å². The molecular weight excluding hydrogens is 381 g/mol. The van der Waals surface area contributed by atoms with Crippen LogP contribution in [0.15, 0.2) is 48.8 Å². The summed E-state index contributed by atoms with van der Waals surface area (Å²) >= 11 is 0. The van der Waals surface area contributed by atoms with E-state index >= 15 is 0 Å². The van der Waals surface area contributed by atoms with Gasteiger partial charge in [-0.15, -0.1) is 0 Å². The van der Waals surface area contributed by atoms with Crippen molar-refractivity contribution >= 4 is 5.91 Å². The average Bonchev–Trinajstić information content (AvgIpc) is 3.10. The first-order valence-corrected chi connectivity index (χ1v) is 10.3. The van der Waals surface area contributed by atoms with Crippen molar-refractivity contribution in [3.8, 4) is 0 Å². The number of carbonyl (C=O) groups is 1. The van der Waals surface area contributed by atoms with Crippen LogP contribution in [0, 0.1) is 5.82 Å². The Morgan fingerprint density at radius 2 is 2.03 bits per heavy atom. The van der Waals surface area contributed by atoms with E-state index in [9.17, 15) is 9.18 Å². The van der Waals surface area contributed by atoms with E-state index in [4.69, 9.17) is 0 Å². The Morgan fingerprint density at radius 1 is 1.23 bits per heavy atom. The number of hydrogen-bond donors (Lipinski definition) is 2. The summed E-state index contributed by atoms with van der Waals surface area (Å²) in [4.78, 5) is 16.8. The first kappa shape index (κ1) is 20.2. The number of carbonyl (C=O) groups excluding carboxylic acids is 1. The van der Waals surface area contributed by atoms with Gasteiger partial charge in [-0.1, -0.05) is 18.2 Å². The Bertz CT molecular complexity index is 1020. The second-order valence-corrected chi connectivity index (χ2v) is 7.67. The van der Waals surface area contributed by atoms with E-state index in [1.54, 1.807) is 18.5 Å². The monoisotopic (exact) mass is 407 g/mol. The molecule has 6 nitrogen and oxygen atoms in total. The van der Waals surface area contributed by atoms with Gasteiger partial charge in [-0.2, -0.15) is 5.10 Å². The third-order valence-corrected chi connectivity index (χ3v) is 5.66. The van der Waals surface area contributed by atoms with Crippen molar-refractivity contribution in [3.63, 3.8) is 0 Å². The Kier molecular flexibility index (Phi) is 6.18. The quantitative estimate of drug-likeness (QED) is 0.632. The highest BCUT2D eigenvalue weighted by Crippen LogP contribution is 2.24. The van der Waals surface area contributed by atoms with Crippen molar-refractivity contribution in [2.24, 2.45) is 7.05 Å². The molecule has 1 aromatic carbocycles. The van der Waals surface area contributed by atoms with Crippen LogP contribution < -0.4 is 10.6 Å². The zero-order valence-corrected chi connectivity index (χ0v) is 17.1. The Labute approximate surface area is 175 Å². The summed E-state index contributed by atoms with van der Waals surface area (Å²) in [6.07, 6.45) is 6.65. The van der Waals surface area contributed by atoms with Gasteiger partial charge in [-0.3, -0.25) is 14.5 Å². The number of rotatable bonds is 7. The van der Waals surface area contributed by atoms with Crippen molar-refractivity contribution < 1.29 is 9.18 Å². The number of hydrogen-bond acceptors (Lipinski definition) is 4. The SMILES string of the molecule is Cn1nc(C(=O)NCc2ccncc2)c2c1CCC(NCCc1ccccc1F)C2. The first-order valence-electron chi connectivity index (χ1n) is 10.3. The lowest BCUT2D eigenvalue weighted by Gasteiger charge is -2.24. The Morgan fingerprint density at radius 3 is 2.83 bits per heavy atom. The minimum atomic E-state index is -0.161. The smallest absolute Gasteiger partial charge is 0.272 e. The van der Waals surface area contributed by atoms with E-state index < -0.39 is 0 Å². The molecule has 1 aliphatic rings. The third-order valence-electron chi connectivity index (χ3n) is 5.66. The fourth-order valence-electron chi connectivity index (χ4n) is 4.02. The predicted octanol–water partition coefficient (Wildman–Crippen LogP) is 2.57. The lowest BCUT2D eigenvalue weighted by molar-refractivity contribution is 0.0944. The molecule has 2 N–H and O–H groups in total. The van der Waals surface area contributed by atoms with Crippen LogP contribution in [0.5, 0.6) is 0 Å². The van der Waals surface area contributed by atoms with Gasteiger partial charge in [0.05, 0.1) is 0 Å². The fourth-order valence-corrected chi connectivity index (χ4v) is 4.02. The Balaban J connectivity index is 1.37. The minimum absolute atomic E-state index is 0.157. The van der Waals surface area contributed by atoms with E-state index in [2.05, 4.69) is 20.7 Å². The molecule has 2 heterocycles. The fraction of sp³-hybridized carbons (Fsp3) is 0.348. The molecule has 2 aromatic heterocycles. The van der Waals surface area contributed by atoms with E-state index in [0.717, 1.165) is 41.6 Å². The van der Waals surface area contributed by atoms with Gasteiger partial charge in [0.15, 0.2) is 5.69 Å². The van der Waals surface area contributed by atoms with Gasteiger partial charge in [0.25, 0.3) is 5.91 Å². The number of aryl methyl sites for hydroxylation is 1. The van der Waals surface area contributed by atoms with Gasteiger partial charge in [0, 0.05) is 43.3 Å². The number of pyridine rings is 1. The summed E-state index contributed by atoms with van der Waals surface area (Å²) in [6, 6.07) is 10.9. The molecule has 1 atom stereocenters. The molecule has 4 rings (SSSR count). The predicted molar refractivity (Wildman–Crippen MR) is 113 cm³/mol. The van der Waals surface area contributed by atoms with Gasteiger partial charge >= 0.3 is 0 Å². The second kappa shape index (κ2) is 9.17. The van der Waals surface area contributed by atoms with Gasteiger partial charge in [0.1, 0.15) is 5.82 Å². The van der Waals surface area contributed by atoms with Crippen LogP contribution >= 0.6 is 0 Å². The molecule has 7 heteroatoms. The number of benzene rings is 1. The molecule has 0 aliphatic heterocycles. The summed E-state index contributed by atoms with van der Waals surface area (Å²) in [7, 11) is 1.89. The number of nitrogens with zero attached hydrogens (tertiary/aromatic N) is 3. The van der Waals surface area contributed by atoms with Gasteiger partial charge < -0.3 is 10.6 Å². The number of fused-ring (bicyclic) bond motifs is 1. The summed E-state index contributed by atoms with van der Waals surface area (Å²) in [5.41, 5.74) is 4.35. The zero-order chi connectivity index (χ0) is 20.9. The maximum Gasteiger partial charge on any atom is 0.272 e. The minimum Gasteiger partial charge on any atom is -0.347 e. The van der Waals surface area contributed by atoms with E-state index in [-0.39, 0.29) is 17.8 Å². The standard InChI is InChI=1S/C23H26FN5O/c1-29-21-7-6-18(26-13-10-17-4-2-3-5-20(17)24)14-19(21)22(28-29)23(30)27-15-16-8-11-25-12-9-16/h2-5,8-9,11-12,18,26H,6-7,10,13-15H2,1H3,(H,27,30). The first-order chi connectivity index (χ1) is 14.6. The highest BCUT2D eigenvalue weighted by atomic mass is 19.1. The topological polar surface area (TPSA) is 71.8 Å². The molecule has 3 aromatic rings. The molecule has 0 fully saturated rings. The molecule has 30 heavy (non-hydrogen) atoms. The molecule has 1 aliphatic carbocycles. The van der Waals surface area contributed by atoms with Crippen molar-refractivity contribution in [2.45, 2.75) is 38.3 Å².